The maximum Gasteiger partial charge on any atom is 0.416 e. The number of alkyl halides is 3. The molecule has 180 valence electrons. The first-order valence-corrected chi connectivity index (χ1v) is 10.5. The third kappa shape index (κ3) is 5.97. The summed E-state index contributed by atoms with van der Waals surface area (Å²) in [6.45, 7) is -0.893. The minimum absolute atomic E-state index is 0.118. The van der Waals surface area contributed by atoms with Gasteiger partial charge < -0.3 is 14.2 Å². The van der Waals surface area contributed by atoms with E-state index in [0.29, 0.717) is 17.1 Å². The fourth-order valence-electron chi connectivity index (χ4n) is 3.18. The van der Waals surface area contributed by atoms with Crippen LogP contribution in [-0.4, -0.2) is 37.4 Å². The monoisotopic (exact) mass is 484 g/mol. The molecule has 4 rings (SSSR count). The average molecular weight is 484 g/mol. The van der Waals surface area contributed by atoms with Gasteiger partial charge in [0, 0.05) is 0 Å². The lowest BCUT2D eigenvalue weighted by Gasteiger charge is -2.25. The summed E-state index contributed by atoms with van der Waals surface area (Å²) in [6.07, 6.45) is -4.41. The molecule has 3 aromatic carbocycles. The quantitative estimate of drug-likeness (QED) is 0.294. The first-order chi connectivity index (χ1) is 16.8. The van der Waals surface area contributed by atoms with Crippen LogP contribution in [0.5, 0.6) is 11.5 Å². The molecule has 7 nitrogen and oxygen atoms in total. The summed E-state index contributed by atoms with van der Waals surface area (Å²) in [6, 6.07) is 19.5. The molecule has 1 aliphatic heterocycles. The number of para-hydroxylation sites is 2. The number of fused-ring (bicyclic) bond motifs is 1. The summed E-state index contributed by atoms with van der Waals surface area (Å²) in [5.74, 6) is -0.894. The number of benzene rings is 3. The van der Waals surface area contributed by atoms with Crippen molar-refractivity contribution in [1.29, 1.82) is 0 Å². The zero-order valence-electron chi connectivity index (χ0n) is 18.1. The lowest BCUT2D eigenvalue weighted by atomic mass is 10.2. The Balaban J connectivity index is 1.49. The Kier molecular flexibility index (Phi) is 7.00. The van der Waals surface area contributed by atoms with Crippen LogP contribution in [-0.2, 0) is 20.5 Å². The molecule has 35 heavy (non-hydrogen) atoms. The number of anilines is 1. The van der Waals surface area contributed by atoms with Crippen molar-refractivity contribution in [2.24, 2.45) is 5.10 Å². The van der Waals surface area contributed by atoms with Crippen molar-refractivity contribution < 1.29 is 37.0 Å². The lowest BCUT2D eigenvalue weighted by Crippen LogP contribution is -2.40. The summed E-state index contributed by atoms with van der Waals surface area (Å²) >= 11 is 0. The van der Waals surface area contributed by atoms with Crippen LogP contribution in [0.1, 0.15) is 11.1 Å². The Labute approximate surface area is 198 Å². The normalized spacial score (nSPS) is 15.0. The van der Waals surface area contributed by atoms with E-state index in [4.69, 9.17) is 14.2 Å². The second kappa shape index (κ2) is 10.3. The summed E-state index contributed by atoms with van der Waals surface area (Å²) in [4.78, 5) is 25.3. The van der Waals surface area contributed by atoms with Crippen molar-refractivity contribution >= 4 is 23.8 Å². The van der Waals surface area contributed by atoms with Crippen LogP contribution >= 0.6 is 0 Å². The Morgan fingerprint density at radius 1 is 1.00 bits per heavy atom. The minimum Gasteiger partial charge on any atom is -0.485 e. The zero-order valence-corrected chi connectivity index (χ0v) is 18.1. The largest absolute Gasteiger partial charge is 0.485 e. The van der Waals surface area contributed by atoms with Gasteiger partial charge in [-0.1, -0.05) is 48.5 Å². The van der Waals surface area contributed by atoms with Gasteiger partial charge in [0.05, 0.1) is 17.5 Å². The first kappa shape index (κ1) is 23.8. The Hall–Kier alpha value is -4.34. The predicted octanol–water partition coefficient (Wildman–Crippen LogP) is 4.46. The van der Waals surface area contributed by atoms with Crippen molar-refractivity contribution in [3.63, 3.8) is 0 Å². The third-order valence-electron chi connectivity index (χ3n) is 4.89. The number of nitrogens with zero attached hydrogens (tertiary/aromatic N) is 2. The van der Waals surface area contributed by atoms with Crippen molar-refractivity contribution in [2.75, 3.05) is 18.2 Å². The number of amides is 1. The van der Waals surface area contributed by atoms with E-state index < -0.39 is 36.3 Å². The first-order valence-electron chi connectivity index (χ1n) is 10.5. The van der Waals surface area contributed by atoms with Crippen molar-refractivity contribution in [1.82, 2.24) is 0 Å². The average Bonchev–Trinajstić information content (AvgIpc) is 2.87. The van der Waals surface area contributed by atoms with E-state index in [1.165, 1.54) is 12.3 Å². The number of halogens is 3. The smallest absolute Gasteiger partial charge is 0.416 e. The molecule has 1 heterocycles. The van der Waals surface area contributed by atoms with Gasteiger partial charge in [-0.25, -0.2) is 4.79 Å². The van der Waals surface area contributed by atoms with E-state index in [1.54, 1.807) is 54.6 Å². The van der Waals surface area contributed by atoms with Gasteiger partial charge in [0.15, 0.2) is 18.1 Å². The number of hydrogen-bond acceptors (Lipinski definition) is 6. The number of hydrazone groups is 1. The number of ether oxygens (including phenoxy) is 3. The van der Waals surface area contributed by atoms with E-state index in [9.17, 15) is 22.8 Å². The number of rotatable bonds is 6. The zero-order chi connectivity index (χ0) is 24.8. The van der Waals surface area contributed by atoms with Gasteiger partial charge in [-0.05, 0) is 35.9 Å². The molecule has 1 amide bonds. The number of carbonyl (C=O) groups is 2. The maximum absolute atomic E-state index is 13.2. The Morgan fingerprint density at radius 3 is 2.46 bits per heavy atom. The highest BCUT2D eigenvalue weighted by atomic mass is 19.4. The van der Waals surface area contributed by atoms with E-state index in [1.807, 2.05) is 0 Å². The van der Waals surface area contributed by atoms with Gasteiger partial charge in [0.1, 0.15) is 6.61 Å². The molecule has 0 unspecified atom stereocenters. The fraction of sp³-hybridized carbons (Fsp3) is 0.160. The lowest BCUT2D eigenvalue weighted by molar-refractivity contribution is -0.157. The molecule has 0 fully saturated rings. The minimum atomic E-state index is -4.62. The van der Waals surface area contributed by atoms with E-state index in [0.717, 1.165) is 23.2 Å². The van der Waals surface area contributed by atoms with Gasteiger partial charge in [-0.2, -0.15) is 23.3 Å². The van der Waals surface area contributed by atoms with Crippen LogP contribution in [0.4, 0.5) is 18.9 Å². The van der Waals surface area contributed by atoms with Gasteiger partial charge >= 0.3 is 12.1 Å². The number of carbonyl (C=O) groups excluding carboxylic acids is 2. The van der Waals surface area contributed by atoms with Crippen molar-refractivity contribution in [2.45, 2.75) is 12.3 Å². The second-order valence-corrected chi connectivity index (χ2v) is 7.38. The molecule has 0 saturated heterocycles. The Bertz CT molecular complexity index is 1230. The summed E-state index contributed by atoms with van der Waals surface area (Å²) in [7, 11) is 0. The Morgan fingerprint density at radius 2 is 1.71 bits per heavy atom. The molecule has 1 aliphatic rings. The van der Waals surface area contributed by atoms with Gasteiger partial charge in [-0.3, -0.25) is 4.79 Å². The fourth-order valence-corrected chi connectivity index (χ4v) is 3.18. The van der Waals surface area contributed by atoms with Crippen LogP contribution in [0.15, 0.2) is 84.0 Å². The maximum atomic E-state index is 13.2. The van der Waals surface area contributed by atoms with Gasteiger partial charge in [0.2, 0.25) is 6.10 Å². The molecule has 0 radical (unpaired) electrons. The molecular formula is C25H19F3N2O5. The van der Waals surface area contributed by atoms with E-state index >= 15 is 0 Å². The van der Waals surface area contributed by atoms with Gasteiger partial charge in [-0.15, -0.1) is 0 Å². The SMILES string of the molecule is O=C(OCC(=O)N(/N=C\c1ccccc1)c1cccc(C(F)(F)F)c1)[C@@H]1COc2ccccc2O1. The molecule has 3 aromatic rings. The van der Waals surface area contributed by atoms with Crippen molar-refractivity contribution in [3.05, 3.63) is 90.0 Å². The highest BCUT2D eigenvalue weighted by Crippen LogP contribution is 2.32. The summed E-state index contributed by atoms with van der Waals surface area (Å²) < 4.78 is 55.7. The van der Waals surface area contributed by atoms with E-state index in [2.05, 4.69) is 5.10 Å². The van der Waals surface area contributed by atoms with Crippen LogP contribution in [0.25, 0.3) is 0 Å². The summed E-state index contributed by atoms with van der Waals surface area (Å²) in [5, 5.41) is 4.80. The summed E-state index contributed by atoms with van der Waals surface area (Å²) in [5.41, 5.74) is -0.481. The second-order valence-electron chi connectivity index (χ2n) is 7.38. The molecule has 10 heteroatoms. The molecule has 0 spiro atoms. The number of hydrogen-bond donors (Lipinski definition) is 0. The van der Waals surface area contributed by atoms with Crippen molar-refractivity contribution in [3.8, 4) is 11.5 Å². The topological polar surface area (TPSA) is 77.4 Å². The van der Waals surface area contributed by atoms with Crippen LogP contribution in [0.3, 0.4) is 0 Å². The van der Waals surface area contributed by atoms with Crippen LogP contribution < -0.4 is 14.5 Å². The number of esters is 1. The van der Waals surface area contributed by atoms with E-state index in [-0.39, 0.29) is 12.3 Å². The third-order valence-corrected chi connectivity index (χ3v) is 4.89. The van der Waals surface area contributed by atoms with Crippen LogP contribution in [0, 0.1) is 0 Å². The van der Waals surface area contributed by atoms with Crippen LogP contribution in [0.2, 0.25) is 0 Å². The molecule has 0 aliphatic carbocycles. The molecule has 0 N–H and O–H groups in total. The predicted molar refractivity (Wildman–Crippen MR) is 120 cm³/mol. The standard InChI is InChI=1S/C25H19F3N2O5/c26-25(27,28)18-9-6-10-19(13-18)30(29-14-17-7-2-1-3-8-17)23(31)16-34-24(32)22-15-33-20-11-4-5-12-21(20)35-22/h1-14,22H,15-16H2/b29-14-/t22-/m0/s1. The molecule has 0 aromatic heterocycles. The highest BCUT2D eigenvalue weighted by Gasteiger charge is 2.32. The molecule has 0 saturated carbocycles. The molecular weight excluding hydrogens is 465 g/mol. The van der Waals surface area contributed by atoms with Gasteiger partial charge in [0.25, 0.3) is 5.91 Å². The molecule has 1 atom stereocenters. The molecule has 0 bridgehead atoms. The highest BCUT2D eigenvalue weighted by molar-refractivity contribution is 5.97.